The number of carbonyl (C=O) groups excluding carboxylic acids is 1. The zero-order valence-corrected chi connectivity index (χ0v) is 13.8. The Hall–Kier alpha value is -1.20. The van der Waals surface area contributed by atoms with Gasteiger partial charge in [0.25, 0.3) is 0 Å². The molecule has 1 saturated heterocycles. The number of rotatable bonds is 4. The number of fused-ring (bicyclic) bond motifs is 1. The van der Waals surface area contributed by atoms with Crippen molar-refractivity contribution in [3.8, 4) is 0 Å². The Morgan fingerprint density at radius 2 is 2.27 bits per heavy atom. The summed E-state index contributed by atoms with van der Waals surface area (Å²) in [5.74, 6) is 1.45. The molecule has 1 aromatic carbocycles. The van der Waals surface area contributed by atoms with E-state index >= 15 is 0 Å². The van der Waals surface area contributed by atoms with Crippen LogP contribution in [0.5, 0.6) is 0 Å². The van der Waals surface area contributed by atoms with E-state index in [0.29, 0.717) is 12.0 Å². The SMILES string of the molecule is CSCc1cccc(NC(=O)NC2CCCC3OCCC23)c1. The molecule has 2 aliphatic rings. The van der Waals surface area contributed by atoms with Crippen LogP contribution in [0, 0.1) is 5.92 Å². The van der Waals surface area contributed by atoms with Gasteiger partial charge in [-0.1, -0.05) is 12.1 Å². The van der Waals surface area contributed by atoms with Crippen LogP contribution in [0.15, 0.2) is 24.3 Å². The van der Waals surface area contributed by atoms with E-state index in [2.05, 4.69) is 23.0 Å². The van der Waals surface area contributed by atoms with Crippen LogP contribution in [0.25, 0.3) is 0 Å². The number of amides is 2. The molecule has 2 N–H and O–H groups in total. The Bertz CT molecular complexity index is 523. The van der Waals surface area contributed by atoms with Gasteiger partial charge >= 0.3 is 6.03 Å². The van der Waals surface area contributed by atoms with Crippen molar-refractivity contribution in [3.05, 3.63) is 29.8 Å². The summed E-state index contributed by atoms with van der Waals surface area (Å²) in [6.07, 6.45) is 6.83. The lowest BCUT2D eigenvalue weighted by molar-refractivity contribution is 0.0553. The van der Waals surface area contributed by atoms with Crippen LogP contribution in [-0.2, 0) is 10.5 Å². The average Bonchev–Trinajstić information content (AvgIpc) is 2.97. The fraction of sp³-hybridized carbons (Fsp3) is 0.588. The van der Waals surface area contributed by atoms with Crippen LogP contribution >= 0.6 is 11.8 Å². The fourth-order valence-electron chi connectivity index (χ4n) is 3.60. The maximum Gasteiger partial charge on any atom is 0.319 e. The van der Waals surface area contributed by atoms with E-state index in [1.807, 2.05) is 18.2 Å². The van der Waals surface area contributed by atoms with Crippen molar-refractivity contribution in [2.45, 2.75) is 43.6 Å². The molecule has 22 heavy (non-hydrogen) atoms. The highest BCUT2D eigenvalue weighted by molar-refractivity contribution is 7.97. The molecule has 0 bridgehead atoms. The first-order chi connectivity index (χ1) is 10.8. The zero-order chi connectivity index (χ0) is 15.4. The number of thioether (sulfide) groups is 1. The van der Waals surface area contributed by atoms with Gasteiger partial charge < -0.3 is 15.4 Å². The summed E-state index contributed by atoms with van der Waals surface area (Å²) < 4.78 is 5.76. The Kier molecular flexibility index (Phi) is 5.26. The molecule has 3 rings (SSSR count). The smallest absolute Gasteiger partial charge is 0.319 e. The van der Waals surface area contributed by atoms with Gasteiger partial charge in [-0.15, -0.1) is 0 Å². The van der Waals surface area contributed by atoms with Crippen molar-refractivity contribution < 1.29 is 9.53 Å². The van der Waals surface area contributed by atoms with Crippen molar-refractivity contribution in [1.29, 1.82) is 0 Å². The van der Waals surface area contributed by atoms with Crippen molar-refractivity contribution in [3.63, 3.8) is 0 Å². The zero-order valence-electron chi connectivity index (χ0n) is 13.0. The molecule has 3 unspecified atom stereocenters. The van der Waals surface area contributed by atoms with Crippen LogP contribution in [0.1, 0.15) is 31.2 Å². The second-order valence-electron chi connectivity index (χ2n) is 6.13. The van der Waals surface area contributed by atoms with Crippen molar-refractivity contribution in [2.24, 2.45) is 5.92 Å². The van der Waals surface area contributed by atoms with Gasteiger partial charge in [-0.3, -0.25) is 0 Å². The number of ether oxygens (including phenoxy) is 1. The van der Waals surface area contributed by atoms with Gasteiger partial charge in [-0.05, 0) is 49.6 Å². The summed E-state index contributed by atoms with van der Waals surface area (Å²) in [6.45, 7) is 0.839. The number of anilines is 1. The third kappa shape index (κ3) is 3.76. The minimum absolute atomic E-state index is 0.0983. The third-order valence-corrected chi connectivity index (χ3v) is 5.22. The van der Waals surface area contributed by atoms with Gasteiger partial charge in [-0.2, -0.15) is 11.8 Å². The molecular weight excluding hydrogens is 296 g/mol. The third-order valence-electron chi connectivity index (χ3n) is 4.59. The van der Waals surface area contributed by atoms with Crippen molar-refractivity contribution in [2.75, 3.05) is 18.2 Å². The summed E-state index contributed by atoms with van der Waals surface area (Å²) in [7, 11) is 0. The van der Waals surface area contributed by atoms with E-state index in [9.17, 15) is 4.79 Å². The Balaban J connectivity index is 1.56. The number of carbonyl (C=O) groups is 1. The Labute approximate surface area is 136 Å². The van der Waals surface area contributed by atoms with E-state index < -0.39 is 0 Å². The number of benzene rings is 1. The van der Waals surface area contributed by atoms with Gasteiger partial charge in [-0.25, -0.2) is 4.79 Å². The van der Waals surface area contributed by atoms with E-state index in [0.717, 1.165) is 43.7 Å². The first kappa shape index (κ1) is 15.7. The minimum atomic E-state index is -0.0983. The van der Waals surface area contributed by atoms with Gasteiger partial charge in [0.2, 0.25) is 0 Å². The molecule has 4 nitrogen and oxygen atoms in total. The number of urea groups is 1. The van der Waals surface area contributed by atoms with Crippen LogP contribution in [-0.4, -0.2) is 31.0 Å². The summed E-state index contributed by atoms with van der Waals surface area (Å²) in [4.78, 5) is 12.3. The predicted molar refractivity (Wildman–Crippen MR) is 91.3 cm³/mol. The first-order valence-corrected chi connectivity index (χ1v) is 9.42. The molecule has 1 saturated carbocycles. The van der Waals surface area contributed by atoms with Crippen molar-refractivity contribution in [1.82, 2.24) is 5.32 Å². The molecule has 1 heterocycles. The van der Waals surface area contributed by atoms with Crippen LogP contribution in [0.4, 0.5) is 10.5 Å². The quantitative estimate of drug-likeness (QED) is 0.891. The molecular formula is C17H24N2O2S. The molecule has 0 spiro atoms. The predicted octanol–water partition coefficient (Wildman–Crippen LogP) is 3.63. The van der Waals surface area contributed by atoms with E-state index in [1.165, 1.54) is 5.56 Å². The Morgan fingerprint density at radius 3 is 3.14 bits per heavy atom. The highest BCUT2D eigenvalue weighted by Gasteiger charge is 2.38. The average molecular weight is 320 g/mol. The molecule has 0 radical (unpaired) electrons. The monoisotopic (exact) mass is 320 g/mol. The first-order valence-electron chi connectivity index (χ1n) is 8.03. The normalized spacial score (nSPS) is 27.2. The maximum absolute atomic E-state index is 12.3. The topological polar surface area (TPSA) is 50.4 Å². The Morgan fingerprint density at radius 1 is 1.36 bits per heavy atom. The second kappa shape index (κ2) is 7.38. The molecule has 2 amide bonds. The summed E-state index contributed by atoms with van der Waals surface area (Å²) >= 11 is 1.78. The van der Waals surface area contributed by atoms with Gasteiger partial charge in [0.15, 0.2) is 0 Å². The van der Waals surface area contributed by atoms with Gasteiger partial charge in [0.1, 0.15) is 0 Å². The summed E-state index contributed by atoms with van der Waals surface area (Å²) in [5, 5.41) is 6.12. The van der Waals surface area contributed by atoms with Crippen LogP contribution in [0.2, 0.25) is 0 Å². The fourth-order valence-corrected chi connectivity index (χ4v) is 4.11. The highest BCUT2D eigenvalue weighted by atomic mass is 32.2. The molecule has 0 aromatic heterocycles. The lowest BCUT2D eigenvalue weighted by Gasteiger charge is -2.33. The maximum atomic E-state index is 12.3. The highest BCUT2D eigenvalue weighted by Crippen LogP contribution is 2.34. The molecule has 120 valence electrons. The minimum Gasteiger partial charge on any atom is -0.378 e. The van der Waals surface area contributed by atoms with E-state index in [1.54, 1.807) is 11.8 Å². The summed E-state index contributed by atoms with van der Waals surface area (Å²) in [6, 6.07) is 8.20. The number of nitrogens with one attached hydrogen (secondary N) is 2. The molecule has 1 aromatic rings. The van der Waals surface area contributed by atoms with Crippen molar-refractivity contribution >= 4 is 23.5 Å². The molecule has 1 aliphatic carbocycles. The standard InChI is InChI=1S/C17H24N2O2S/c1-22-11-12-4-2-5-13(10-12)18-17(20)19-15-6-3-7-16-14(15)8-9-21-16/h2,4-5,10,14-16H,3,6-9,11H2,1H3,(H2,18,19,20). The second-order valence-corrected chi connectivity index (χ2v) is 7.00. The largest absolute Gasteiger partial charge is 0.378 e. The molecule has 1 aliphatic heterocycles. The van der Waals surface area contributed by atoms with Gasteiger partial charge in [0, 0.05) is 30.0 Å². The number of hydrogen-bond acceptors (Lipinski definition) is 3. The molecule has 3 atom stereocenters. The van der Waals surface area contributed by atoms with Crippen LogP contribution in [0.3, 0.4) is 0 Å². The molecule has 2 fully saturated rings. The molecule has 5 heteroatoms. The lowest BCUT2D eigenvalue weighted by Crippen LogP contribution is -2.47. The van der Waals surface area contributed by atoms with Crippen LogP contribution < -0.4 is 10.6 Å². The van der Waals surface area contributed by atoms with E-state index in [4.69, 9.17) is 4.74 Å². The lowest BCUT2D eigenvalue weighted by atomic mass is 9.82. The van der Waals surface area contributed by atoms with Gasteiger partial charge in [0.05, 0.1) is 6.10 Å². The van der Waals surface area contributed by atoms with E-state index in [-0.39, 0.29) is 12.1 Å². The number of hydrogen-bond donors (Lipinski definition) is 2. The summed E-state index contributed by atoms with van der Waals surface area (Å²) in [5.41, 5.74) is 2.09.